The summed E-state index contributed by atoms with van der Waals surface area (Å²) in [6.07, 6.45) is 4.49. The smallest absolute Gasteiger partial charge is 0.251 e. The van der Waals surface area contributed by atoms with E-state index in [9.17, 15) is 4.79 Å². The van der Waals surface area contributed by atoms with Crippen molar-refractivity contribution in [1.82, 2.24) is 15.0 Å². The number of aryl methyl sites for hydroxylation is 1. The van der Waals surface area contributed by atoms with Crippen molar-refractivity contribution in [3.05, 3.63) is 69.8 Å². The molecule has 0 saturated carbocycles. The largest absolute Gasteiger partial charge is 0.494 e. The second kappa shape index (κ2) is 8.47. The summed E-state index contributed by atoms with van der Waals surface area (Å²) in [6, 6.07) is 11.9. The maximum Gasteiger partial charge on any atom is 0.251 e. The van der Waals surface area contributed by atoms with Crippen LogP contribution >= 0.6 is 0 Å². The van der Waals surface area contributed by atoms with Crippen LogP contribution in [0.4, 0.5) is 5.82 Å². The third-order valence-corrected chi connectivity index (χ3v) is 5.17. The molecular formula is C23H26N4O2. The van der Waals surface area contributed by atoms with Crippen molar-refractivity contribution in [3.63, 3.8) is 0 Å². The number of benzene rings is 1. The lowest BCUT2D eigenvalue weighted by atomic mass is 9.99. The third-order valence-electron chi connectivity index (χ3n) is 5.17. The highest BCUT2D eigenvalue weighted by atomic mass is 16.5. The van der Waals surface area contributed by atoms with Crippen LogP contribution in [-0.4, -0.2) is 28.1 Å². The fraction of sp³-hybridized carbons (Fsp3) is 0.348. The van der Waals surface area contributed by atoms with Gasteiger partial charge in [-0.05, 0) is 54.7 Å². The number of ether oxygens (including phenoxy) is 1. The first kappa shape index (κ1) is 19.2. The van der Waals surface area contributed by atoms with Gasteiger partial charge in [0.25, 0.3) is 5.56 Å². The molecule has 4 rings (SSSR count). The van der Waals surface area contributed by atoms with Gasteiger partial charge in [0, 0.05) is 36.6 Å². The average molecular weight is 390 g/mol. The van der Waals surface area contributed by atoms with Crippen molar-refractivity contribution >= 4 is 5.82 Å². The molecule has 6 nitrogen and oxygen atoms in total. The highest BCUT2D eigenvalue weighted by molar-refractivity contribution is 5.57. The molecule has 0 fully saturated rings. The topological polar surface area (TPSA) is 71.1 Å². The van der Waals surface area contributed by atoms with Gasteiger partial charge in [0.05, 0.1) is 6.61 Å². The lowest BCUT2D eigenvalue weighted by Crippen LogP contribution is -2.31. The van der Waals surface area contributed by atoms with E-state index in [1.165, 1.54) is 17.2 Å². The average Bonchev–Trinajstić information content (AvgIpc) is 2.77. The molecule has 3 heterocycles. The minimum absolute atomic E-state index is 0.133. The number of pyridine rings is 1. The molecule has 0 unspecified atom stereocenters. The Morgan fingerprint density at radius 3 is 2.79 bits per heavy atom. The molecule has 3 aromatic rings. The van der Waals surface area contributed by atoms with Crippen LogP contribution in [0.3, 0.4) is 0 Å². The predicted octanol–water partition coefficient (Wildman–Crippen LogP) is 3.75. The zero-order valence-electron chi connectivity index (χ0n) is 16.9. The second-order valence-corrected chi connectivity index (χ2v) is 7.29. The Kier molecular flexibility index (Phi) is 5.60. The van der Waals surface area contributed by atoms with Gasteiger partial charge in [-0.1, -0.05) is 19.9 Å². The van der Waals surface area contributed by atoms with Gasteiger partial charge in [0.15, 0.2) is 0 Å². The minimum Gasteiger partial charge on any atom is -0.494 e. The molecule has 0 spiro atoms. The monoisotopic (exact) mass is 390 g/mol. The molecule has 0 amide bonds. The van der Waals surface area contributed by atoms with E-state index < -0.39 is 0 Å². The normalized spacial score (nSPS) is 13.2. The van der Waals surface area contributed by atoms with Crippen molar-refractivity contribution in [1.29, 1.82) is 0 Å². The first-order valence-electron chi connectivity index (χ1n) is 10.2. The van der Waals surface area contributed by atoms with Crippen molar-refractivity contribution in [2.75, 3.05) is 18.1 Å². The molecule has 0 saturated heterocycles. The standard InChI is InChI=1S/C23H26N4O2/c1-3-11-29-20-7-5-18-15-27(10-9-16(18)12-20)21-8-6-17(14-24-21)23-25-19(4-2)13-22(28)26-23/h5-8,12-14H,3-4,9-11,15H2,1-2H3,(H,25,26,28). The molecule has 0 radical (unpaired) electrons. The number of hydrogen-bond acceptors (Lipinski definition) is 5. The molecule has 0 aliphatic carbocycles. The summed E-state index contributed by atoms with van der Waals surface area (Å²) in [5, 5.41) is 0. The highest BCUT2D eigenvalue weighted by Gasteiger charge is 2.18. The van der Waals surface area contributed by atoms with Gasteiger partial charge < -0.3 is 14.6 Å². The van der Waals surface area contributed by atoms with Crippen LogP contribution in [0.2, 0.25) is 0 Å². The number of anilines is 1. The molecule has 150 valence electrons. The Balaban J connectivity index is 1.50. The molecule has 6 heteroatoms. The number of hydrogen-bond donors (Lipinski definition) is 1. The summed E-state index contributed by atoms with van der Waals surface area (Å²) in [5.41, 5.74) is 4.13. The summed E-state index contributed by atoms with van der Waals surface area (Å²) >= 11 is 0. The summed E-state index contributed by atoms with van der Waals surface area (Å²) in [5.74, 6) is 2.45. The van der Waals surface area contributed by atoms with Gasteiger partial charge in [-0.2, -0.15) is 0 Å². The summed E-state index contributed by atoms with van der Waals surface area (Å²) in [4.78, 5) is 26.0. The first-order valence-corrected chi connectivity index (χ1v) is 10.2. The Labute approximate surface area is 170 Å². The molecule has 0 bridgehead atoms. The van der Waals surface area contributed by atoms with Crippen LogP contribution in [0.15, 0.2) is 47.4 Å². The number of aromatic amines is 1. The van der Waals surface area contributed by atoms with Crippen LogP contribution < -0.4 is 15.2 Å². The summed E-state index contributed by atoms with van der Waals surface area (Å²) in [6.45, 7) is 6.60. The molecular weight excluding hydrogens is 364 g/mol. The Hall–Kier alpha value is -3.15. The molecule has 29 heavy (non-hydrogen) atoms. The molecule has 1 N–H and O–H groups in total. The SMILES string of the molecule is CCCOc1ccc2c(c1)CCN(c1ccc(-c3nc(CC)cc(=O)[nH]3)cn1)C2. The summed E-state index contributed by atoms with van der Waals surface area (Å²) < 4.78 is 5.76. The minimum atomic E-state index is -0.133. The highest BCUT2D eigenvalue weighted by Crippen LogP contribution is 2.27. The zero-order chi connectivity index (χ0) is 20.2. The van der Waals surface area contributed by atoms with E-state index in [1.807, 2.05) is 19.1 Å². The number of aromatic nitrogens is 3. The Bertz CT molecular complexity index is 1040. The number of fused-ring (bicyclic) bond motifs is 1. The van der Waals surface area contributed by atoms with E-state index >= 15 is 0 Å². The number of H-pyrrole nitrogens is 1. The van der Waals surface area contributed by atoms with Crippen molar-refractivity contribution in [2.24, 2.45) is 0 Å². The molecule has 1 aliphatic rings. The Morgan fingerprint density at radius 1 is 1.14 bits per heavy atom. The third kappa shape index (κ3) is 4.31. The van der Waals surface area contributed by atoms with E-state index in [1.54, 1.807) is 6.20 Å². The van der Waals surface area contributed by atoms with E-state index in [4.69, 9.17) is 4.74 Å². The van der Waals surface area contributed by atoms with E-state index in [0.717, 1.165) is 61.8 Å². The van der Waals surface area contributed by atoms with Gasteiger partial charge in [-0.15, -0.1) is 0 Å². The van der Waals surface area contributed by atoms with Crippen molar-refractivity contribution < 1.29 is 4.74 Å². The van der Waals surface area contributed by atoms with Gasteiger partial charge in [-0.25, -0.2) is 9.97 Å². The Morgan fingerprint density at radius 2 is 2.03 bits per heavy atom. The van der Waals surface area contributed by atoms with Crippen LogP contribution in [-0.2, 0) is 19.4 Å². The van der Waals surface area contributed by atoms with E-state index in [-0.39, 0.29) is 5.56 Å². The molecule has 0 atom stereocenters. The fourth-order valence-electron chi connectivity index (χ4n) is 3.57. The number of rotatable bonds is 6. The van der Waals surface area contributed by atoms with Crippen molar-refractivity contribution in [3.8, 4) is 17.1 Å². The van der Waals surface area contributed by atoms with Crippen LogP contribution in [0.1, 0.15) is 37.1 Å². The van der Waals surface area contributed by atoms with Gasteiger partial charge in [-0.3, -0.25) is 4.79 Å². The predicted molar refractivity (Wildman–Crippen MR) is 114 cm³/mol. The van der Waals surface area contributed by atoms with Gasteiger partial charge in [0.1, 0.15) is 17.4 Å². The van der Waals surface area contributed by atoms with Crippen LogP contribution in [0.5, 0.6) is 5.75 Å². The quantitative estimate of drug-likeness (QED) is 0.694. The van der Waals surface area contributed by atoms with Crippen LogP contribution in [0, 0.1) is 0 Å². The second-order valence-electron chi connectivity index (χ2n) is 7.29. The molecule has 2 aromatic heterocycles. The zero-order valence-corrected chi connectivity index (χ0v) is 16.9. The van der Waals surface area contributed by atoms with Crippen LogP contribution in [0.25, 0.3) is 11.4 Å². The maximum atomic E-state index is 11.8. The van der Waals surface area contributed by atoms with Crippen molar-refractivity contribution in [2.45, 2.75) is 39.7 Å². The van der Waals surface area contributed by atoms with Gasteiger partial charge in [0.2, 0.25) is 0 Å². The molecule has 1 aromatic carbocycles. The maximum absolute atomic E-state index is 11.8. The van der Waals surface area contributed by atoms with E-state index in [2.05, 4.69) is 45.0 Å². The first-order chi connectivity index (χ1) is 14.2. The lowest BCUT2D eigenvalue weighted by Gasteiger charge is -2.30. The summed E-state index contributed by atoms with van der Waals surface area (Å²) in [7, 11) is 0. The fourth-order valence-corrected chi connectivity index (χ4v) is 3.57. The van der Waals surface area contributed by atoms with E-state index in [0.29, 0.717) is 5.82 Å². The number of nitrogens with zero attached hydrogens (tertiary/aromatic N) is 3. The molecule has 1 aliphatic heterocycles. The van der Waals surface area contributed by atoms with Gasteiger partial charge >= 0.3 is 0 Å². The number of nitrogens with one attached hydrogen (secondary N) is 1. The lowest BCUT2D eigenvalue weighted by molar-refractivity contribution is 0.317.